The molecule has 22 heavy (non-hydrogen) atoms. The molecule has 2 aromatic rings. The van der Waals surface area contributed by atoms with Crippen molar-refractivity contribution in [1.29, 1.82) is 0 Å². The van der Waals surface area contributed by atoms with E-state index < -0.39 is 0 Å². The van der Waals surface area contributed by atoms with Crippen LogP contribution in [0.1, 0.15) is 11.3 Å². The van der Waals surface area contributed by atoms with E-state index in [2.05, 4.69) is 32.7 Å². The van der Waals surface area contributed by atoms with E-state index in [1.54, 1.807) is 14.2 Å². The van der Waals surface area contributed by atoms with Crippen LogP contribution < -0.4 is 15.4 Å². The lowest BCUT2D eigenvalue weighted by atomic mass is 10.2. The van der Waals surface area contributed by atoms with E-state index in [-0.39, 0.29) is 24.0 Å². The zero-order chi connectivity index (χ0) is 14.9. The average Bonchev–Trinajstić information content (AvgIpc) is 2.56. The first-order valence-corrected chi connectivity index (χ1v) is 6.80. The van der Waals surface area contributed by atoms with Gasteiger partial charge in [0.2, 0.25) is 5.88 Å². The maximum Gasteiger partial charge on any atom is 0.213 e. The Labute approximate surface area is 148 Å². The molecule has 1 aromatic heterocycles. The summed E-state index contributed by atoms with van der Waals surface area (Å²) in [6.45, 7) is 1.32. The Morgan fingerprint density at radius 1 is 1.05 bits per heavy atom. The lowest BCUT2D eigenvalue weighted by Gasteiger charge is -2.12. The lowest BCUT2D eigenvalue weighted by molar-refractivity contribution is 0.396. The van der Waals surface area contributed by atoms with Gasteiger partial charge in [0.1, 0.15) is 0 Å². The standard InChI is InChI=1S/C16H20N4O.HI/c1-17-16(18-11-13-7-4-3-5-8-13)19-12-14-9-6-10-15(20-14)21-2;/h3-10H,11-12H2,1-2H3,(H2,17,18,19);1H. The van der Waals surface area contributed by atoms with Crippen LogP contribution in [0.25, 0.3) is 0 Å². The number of halogens is 1. The molecular weight excluding hydrogens is 391 g/mol. The van der Waals surface area contributed by atoms with Crippen molar-refractivity contribution < 1.29 is 4.74 Å². The number of ether oxygens (including phenoxy) is 1. The van der Waals surface area contributed by atoms with Crippen LogP contribution in [-0.2, 0) is 13.1 Å². The molecule has 0 atom stereocenters. The van der Waals surface area contributed by atoms with Gasteiger partial charge < -0.3 is 15.4 Å². The highest BCUT2D eigenvalue weighted by Gasteiger charge is 2.01. The number of methoxy groups -OCH3 is 1. The van der Waals surface area contributed by atoms with E-state index in [1.165, 1.54) is 5.56 Å². The molecule has 0 fully saturated rings. The maximum absolute atomic E-state index is 5.11. The number of hydrogen-bond donors (Lipinski definition) is 2. The summed E-state index contributed by atoms with van der Waals surface area (Å²) in [5.41, 5.74) is 2.11. The third kappa shape index (κ3) is 5.88. The van der Waals surface area contributed by atoms with E-state index in [1.807, 2.05) is 36.4 Å². The molecule has 0 aliphatic heterocycles. The van der Waals surface area contributed by atoms with Gasteiger partial charge in [0.25, 0.3) is 0 Å². The Bertz CT molecular complexity index is 590. The number of rotatable bonds is 5. The van der Waals surface area contributed by atoms with Crippen molar-refractivity contribution in [2.24, 2.45) is 4.99 Å². The van der Waals surface area contributed by atoms with Crippen molar-refractivity contribution in [2.45, 2.75) is 13.1 Å². The van der Waals surface area contributed by atoms with Crippen LogP contribution in [0.4, 0.5) is 0 Å². The van der Waals surface area contributed by atoms with E-state index in [0.29, 0.717) is 12.4 Å². The molecule has 0 saturated carbocycles. The second-order valence-corrected chi connectivity index (χ2v) is 4.44. The average molecular weight is 412 g/mol. The molecule has 2 N–H and O–H groups in total. The maximum atomic E-state index is 5.11. The van der Waals surface area contributed by atoms with Crippen LogP contribution >= 0.6 is 24.0 Å². The van der Waals surface area contributed by atoms with Crippen LogP contribution in [0, 0.1) is 0 Å². The molecule has 1 aromatic carbocycles. The van der Waals surface area contributed by atoms with Gasteiger partial charge in [-0.1, -0.05) is 36.4 Å². The second-order valence-electron chi connectivity index (χ2n) is 4.44. The fourth-order valence-electron chi connectivity index (χ4n) is 1.85. The molecule has 0 aliphatic rings. The quantitative estimate of drug-likeness (QED) is 0.451. The Morgan fingerprint density at radius 2 is 1.77 bits per heavy atom. The van der Waals surface area contributed by atoms with Crippen molar-refractivity contribution in [3.63, 3.8) is 0 Å². The second kappa shape index (κ2) is 9.99. The first-order valence-electron chi connectivity index (χ1n) is 6.80. The van der Waals surface area contributed by atoms with Crippen molar-refractivity contribution in [1.82, 2.24) is 15.6 Å². The molecule has 0 unspecified atom stereocenters. The summed E-state index contributed by atoms with van der Waals surface area (Å²) < 4.78 is 5.11. The predicted octanol–water partition coefficient (Wildman–Crippen LogP) is 2.57. The van der Waals surface area contributed by atoms with E-state index >= 15 is 0 Å². The fourth-order valence-corrected chi connectivity index (χ4v) is 1.85. The van der Waals surface area contributed by atoms with Gasteiger partial charge in [-0.25, -0.2) is 4.98 Å². The summed E-state index contributed by atoms with van der Waals surface area (Å²) in [5.74, 6) is 1.35. The number of nitrogens with one attached hydrogen (secondary N) is 2. The van der Waals surface area contributed by atoms with Gasteiger partial charge in [-0.15, -0.1) is 24.0 Å². The van der Waals surface area contributed by atoms with Crippen LogP contribution in [0.5, 0.6) is 5.88 Å². The van der Waals surface area contributed by atoms with Gasteiger partial charge in [0.15, 0.2) is 5.96 Å². The van der Waals surface area contributed by atoms with Crippen LogP contribution in [0.15, 0.2) is 53.5 Å². The van der Waals surface area contributed by atoms with Crippen molar-refractivity contribution in [2.75, 3.05) is 14.2 Å². The van der Waals surface area contributed by atoms with Gasteiger partial charge in [-0.2, -0.15) is 0 Å². The number of pyridine rings is 1. The molecule has 2 rings (SSSR count). The van der Waals surface area contributed by atoms with Crippen LogP contribution in [0.2, 0.25) is 0 Å². The zero-order valence-corrected chi connectivity index (χ0v) is 15.1. The first-order chi connectivity index (χ1) is 10.3. The number of benzene rings is 1. The molecule has 0 aliphatic carbocycles. The molecular formula is C16H21IN4O. The fraction of sp³-hybridized carbons (Fsp3) is 0.250. The first kappa shape index (κ1) is 18.2. The highest BCUT2D eigenvalue weighted by atomic mass is 127. The lowest BCUT2D eigenvalue weighted by Crippen LogP contribution is -2.36. The molecule has 6 heteroatoms. The molecule has 0 bridgehead atoms. The zero-order valence-electron chi connectivity index (χ0n) is 12.7. The summed E-state index contributed by atoms with van der Waals surface area (Å²) in [7, 11) is 3.36. The Balaban J connectivity index is 0.00000242. The SMILES string of the molecule is CN=C(NCc1ccccc1)NCc1cccc(OC)n1.I. The van der Waals surface area contributed by atoms with Gasteiger partial charge >= 0.3 is 0 Å². The minimum Gasteiger partial charge on any atom is -0.481 e. The summed E-state index contributed by atoms with van der Waals surface area (Å²) >= 11 is 0. The van der Waals surface area contributed by atoms with Gasteiger partial charge in [0, 0.05) is 19.7 Å². The van der Waals surface area contributed by atoms with Crippen molar-refractivity contribution in [3.05, 3.63) is 59.8 Å². The van der Waals surface area contributed by atoms with Crippen LogP contribution in [0.3, 0.4) is 0 Å². The van der Waals surface area contributed by atoms with Gasteiger partial charge in [0.05, 0.1) is 19.3 Å². The topological polar surface area (TPSA) is 58.5 Å². The summed E-state index contributed by atoms with van der Waals surface area (Å²) in [4.78, 5) is 8.54. The third-order valence-electron chi connectivity index (χ3n) is 2.95. The van der Waals surface area contributed by atoms with E-state index in [4.69, 9.17) is 4.74 Å². The number of nitrogens with zero attached hydrogens (tertiary/aromatic N) is 2. The monoisotopic (exact) mass is 412 g/mol. The molecule has 0 saturated heterocycles. The summed E-state index contributed by atoms with van der Waals surface area (Å²) in [5, 5.41) is 6.49. The minimum absolute atomic E-state index is 0. The number of aromatic nitrogens is 1. The normalized spacial score (nSPS) is 10.5. The van der Waals surface area contributed by atoms with E-state index in [9.17, 15) is 0 Å². The molecule has 0 spiro atoms. The molecule has 0 amide bonds. The highest BCUT2D eigenvalue weighted by Crippen LogP contribution is 2.06. The number of hydrogen-bond acceptors (Lipinski definition) is 3. The Morgan fingerprint density at radius 3 is 2.45 bits per heavy atom. The highest BCUT2D eigenvalue weighted by molar-refractivity contribution is 14.0. The molecule has 0 radical (unpaired) electrons. The van der Waals surface area contributed by atoms with E-state index in [0.717, 1.165) is 18.2 Å². The molecule has 118 valence electrons. The van der Waals surface area contributed by atoms with Crippen molar-refractivity contribution in [3.8, 4) is 5.88 Å². The summed E-state index contributed by atoms with van der Waals surface area (Å²) in [6, 6.07) is 15.9. The van der Waals surface area contributed by atoms with Gasteiger partial charge in [-0.3, -0.25) is 4.99 Å². The van der Waals surface area contributed by atoms with Crippen LogP contribution in [-0.4, -0.2) is 25.1 Å². The minimum atomic E-state index is 0. The Hall–Kier alpha value is -1.83. The smallest absolute Gasteiger partial charge is 0.213 e. The number of aliphatic imine (C=N–C) groups is 1. The van der Waals surface area contributed by atoms with Gasteiger partial charge in [-0.05, 0) is 11.6 Å². The predicted molar refractivity (Wildman–Crippen MR) is 99.7 cm³/mol. The number of guanidine groups is 1. The molecule has 5 nitrogen and oxygen atoms in total. The largest absolute Gasteiger partial charge is 0.481 e. The molecule has 1 heterocycles. The third-order valence-corrected chi connectivity index (χ3v) is 2.95. The van der Waals surface area contributed by atoms with Crippen molar-refractivity contribution >= 4 is 29.9 Å². The Kier molecular flexibility index (Phi) is 8.27. The summed E-state index contributed by atoms with van der Waals surface area (Å²) in [6.07, 6.45) is 0.